The molecule has 0 aromatic carbocycles. The first kappa shape index (κ1) is 13.7. The SMILES string of the molecule is CN/N=C\c1ncccc1COc1cnccc1C=O. The summed E-state index contributed by atoms with van der Waals surface area (Å²) < 4.78 is 5.62. The quantitative estimate of drug-likeness (QED) is 0.488. The van der Waals surface area contributed by atoms with Crippen LogP contribution < -0.4 is 10.2 Å². The van der Waals surface area contributed by atoms with Crippen LogP contribution in [0.1, 0.15) is 21.6 Å². The number of aldehydes is 1. The van der Waals surface area contributed by atoms with Gasteiger partial charge in [-0.05, 0) is 12.1 Å². The van der Waals surface area contributed by atoms with Crippen molar-refractivity contribution in [2.24, 2.45) is 5.10 Å². The lowest BCUT2D eigenvalue weighted by Crippen LogP contribution is -2.05. The number of ether oxygens (including phenoxy) is 1. The standard InChI is InChI=1S/C14H14N4O2/c1-15-18-7-13-12(3-2-5-17-13)10-20-14-8-16-6-4-11(14)9-19/h2-9,15H,10H2,1H3/b18-7-. The van der Waals surface area contributed by atoms with Crippen LogP contribution in [0.25, 0.3) is 0 Å². The first-order valence-corrected chi connectivity index (χ1v) is 6.01. The maximum Gasteiger partial charge on any atom is 0.153 e. The van der Waals surface area contributed by atoms with Crippen LogP contribution in [0, 0.1) is 0 Å². The summed E-state index contributed by atoms with van der Waals surface area (Å²) in [7, 11) is 1.71. The Labute approximate surface area is 116 Å². The van der Waals surface area contributed by atoms with E-state index in [1.165, 1.54) is 6.20 Å². The number of aromatic nitrogens is 2. The smallest absolute Gasteiger partial charge is 0.153 e. The first-order chi connectivity index (χ1) is 9.85. The minimum absolute atomic E-state index is 0.283. The third-order valence-electron chi connectivity index (χ3n) is 2.57. The Morgan fingerprint density at radius 3 is 3.10 bits per heavy atom. The summed E-state index contributed by atoms with van der Waals surface area (Å²) in [5, 5.41) is 3.93. The number of carbonyl (C=O) groups is 1. The van der Waals surface area contributed by atoms with Crippen LogP contribution >= 0.6 is 0 Å². The summed E-state index contributed by atoms with van der Waals surface area (Å²) in [6.45, 7) is 0.283. The fraction of sp³-hybridized carbons (Fsp3) is 0.143. The zero-order chi connectivity index (χ0) is 14.2. The molecule has 0 amide bonds. The van der Waals surface area contributed by atoms with Crippen LogP contribution in [0.3, 0.4) is 0 Å². The molecule has 1 N–H and O–H groups in total. The van der Waals surface area contributed by atoms with E-state index in [9.17, 15) is 4.79 Å². The molecule has 2 aromatic heterocycles. The van der Waals surface area contributed by atoms with Crippen LogP contribution in [0.5, 0.6) is 5.75 Å². The van der Waals surface area contributed by atoms with Gasteiger partial charge >= 0.3 is 0 Å². The monoisotopic (exact) mass is 270 g/mol. The van der Waals surface area contributed by atoms with Crippen molar-refractivity contribution >= 4 is 12.5 Å². The highest BCUT2D eigenvalue weighted by atomic mass is 16.5. The molecule has 2 aromatic rings. The van der Waals surface area contributed by atoms with E-state index in [4.69, 9.17) is 4.74 Å². The molecular formula is C14H14N4O2. The molecule has 0 aliphatic heterocycles. The lowest BCUT2D eigenvalue weighted by Gasteiger charge is -2.09. The van der Waals surface area contributed by atoms with E-state index in [1.807, 2.05) is 12.1 Å². The van der Waals surface area contributed by atoms with Gasteiger partial charge in [-0.15, -0.1) is 0 Å². The number of nitrogens with one attached hydrogen (secondary N) is 1. The highest BCUT2D eigenvalue weighted by molar-refractivity contribution is 5.79. The number of carbonyl (C=O) groups excluding carboxylic acids is 1. The lowest BCUT2D eigenvalue weighted by molar-refractivity contribution is 0.111. The molecule has 0 bridgehead atoms. The van der Waals surface area contributed by atoms with Gasteiger partial charge in [0.25, 0.3) is 0 Å². The summed E-state index contributed by atoms with van der Waals surface area (Å²) in [6, 6.07) is 5.31. The number of pyridine rings is 2. The summed E-state index contributed by atoms with van der Waals surface area (Å²) in [5.41, 5.74) is 4.71. The van der Waals surface area contributed by atoms with Crippen molar-refractivity contribution in [2.75, 3.05) is 7.05 Å². The van der Waals surface area contributed by atoms with Crippen LogP contribution in [0.2, 0.25) is 0 Å². The molecule has 2 heterocycles. The predicted molar refractivity (Wildman–Crippen MR) is 74.8 cm³/mol. The van der Waals surface area contributed by atoms with Gasteiger partial charge in [0.05, 0.1) is 23.7 Å². The fourth-order valence-electron chi connectivity index (χ4n) is 1.58. The van der Waals surface area contributed by atoms with Gasteiger partial charge in [-0.2, -0.15) is 5.10 Å². The summed E-state index contributed by atoms with van der Waals surface area (Å²) in [5.74, 6) is 0.447. The zero-order valence-corrected chi connectivity index (χ0v) is 11.0. The predicted octanol–water partition coefficient (Wildman–Crippen LogP) is 1.42. The van der Waals surface area contributed by atoms with Crippen molar-refractivity contribution in [3.63, 3.8) is 0 Å². The van der Waals surface area contributed by atoms with Gasteiger partial charge in [0.1, 0.15) is 12.4 Å². The van der Waals surface area contributed by atoms with Gasteiger partial charge in [-0.25, -0.2) is 0 Å². The molecule has 0 saturated carbocycles. The number of nitrogens with zero attached hydrogens (tertiary/aromatic N) is 3. The molecule has 0 atom stereocenters. The molecule has 0 unspecified atom stereocenters. The average molecular weight is 270 g/mol. The van der Waals surface area contributed by atoms with Crippen molar-refractivity contribution in [3.8, 4) is 5.75 Å². The molecule has 6 nitrogen and oxygen atoms in total. The second kappa shape index (κ2) is 6.98. The number of hydrazone groups is 1. The Balaban J connectivity index is 2.15. The van der Waals surface area contributed by atoms with Crippen LogP contribution in [0.15, 0.2) is 41.9 Å². The van der Waals surface area contributed by atoms with Gasteiger partial charge < -0.3 is 10.2 Å². The van der Waals surface area contributed by atoms with E-state index in [2.05, 4.69) is 20.5 Å². The molecular weight excluding hydrogens is 256 g/mol. The van der Waals surface area contributed by atoms with Gasteiger partial charge in [0.2, 0.25) is 0 Å². The Kier molecular flexibility index (Phi) is 4.77. The molecule has 102 valence electrons. The molecule has 0 radical (unpaired) electrons. The first-order valence-electron chi connectivity index (χ1n) is 6.01. The number of rotatable bonds is 6. The molecule has 0 spiro atoms. The zero-order valence-electron chi connectivity index (χ0n) is 11.0. The van der Waals surface area contributed by atoms with E-state index < -0.39 is 0 Å². The van der Waals surface area contributed by atoms with E-state index in [1.54, 1.807) is 31.7 Å². The van der Waals surface area contributed by atoms with Crippen LogP contribution in [-0.2, 0) is 6.61 Å². The second-order valence-electron chi connectivity index (χ2n) is 3.85. The second-order valence-corrected chi connectivity index (χ2v) is 3.85. The topological polar surface area (TPSA) is 76.5 Å². The van der Waals surface area contributed by atoms with Crippen molar-refractivity contribution in [1.29, 1.82) is 0 Å². The Hall–Kier alpha value is -2.76. The minimum Gasteiger partial charge on any atom is -0.486 e. The van der Waals surface area contributed by atoms with Crippen molar-refractivity contribution < 1.29 is 9.53 Å². The summed E-state index contributed by atoms with van der Waals surface area (Å²) in [6.07, 6.45) is 7.10. The number of hydrogen-bond acceptors (Lipinski definition) is 6. The minimum atomic E-state index is 0.283. The van der Waals surface area contributed by atoms with E-state index in [0.29, 0.717) is 17.0 Å². The third kappa shape index (κ3) is 3.38. The Bertz CT molecular complexity index is 614. The summed E-state index contributed by atoms with van der Waals surface area (Å²) >= 11 is 0. The highest BCUT2D eigenvalue weighted by Crippen LogP contribution is 2.16. The molecule has 0 saturated heterocycles. The Morgan fingerprint density at radius 1 is 1.40 bits per heavy atom. The molecule has 20 heavy (non-hydrogen) atoms. The molecule has 0 fully saturated rings. The van der Waals surface area contributed by atoms with Gasteiger partial charge in [-0.3, -0.25) is 14.8 Å². The molecule has 6 heteroatoms. The van der Waals surface area contributed by atoms with Gasteiger partial charge in [0.15, 0.2) is 6.29 Å². The lowest BCUT2D eigenvalue weighted by atomic mass is 10.2. The number of hydrogen-bond donors (Lipinski definition) is 1. The van der Waals surface area contributed by atoms with Crippen LogP contribution in [0.4, 0.5) is 0 Å². The van der Waals surface area contributed by atoms with Gasteiger partial charge in [0, 0.05) is 25.0 Å². The van der Waals surface area contributed by atoms with Crippen molar-refractivity contribution in [3.05, 3.63) is 53.6 Å². The molecule has 0 aliphatic rings. The maximum atomic E-state index is 10.9. The largest absolute Gasteiger partial charge is 0.486 e. The van der Waals surface area contributed by atoms with E-state index in [0.717, 1.165) is 11.8 Å². The van der Waals surface area contributed by atoms with E-state index >= 15 is 0 Å². The highest BCUT2D eigenvalue weighted by Gasteiger charge is 2.05. The van der Waals surface area contributed by atoms with E-state index in [-0.39, 0.29) is 6.61 Å². The normalized spacial score (nSPS) is 10.4. The summed E-state index contributed by atoms with van der Waals surface area (Å²) in [4.78, 5) is 19.1. The van der Waals surface area contributed by atoms with Crippen molar-refractivity contribution in [1.82, 2.24) is 15.4 Å². The fourth-order valence-corrected chi connectivity index (χ4v) is 1.58. The maximum absolute atomic E-state index is 10.9. The molecule has 2 rings (SSSR count). The third-order valence-corrected chi connectivity index (χ3v) is 2.57. The Morgan fingerprint density at radius 2 is 2.30 bits per heavy atom. The van der Waals surface area contributed by atoms with Crippen LogP contribution in [-0.4, -0.2) is 29.5 Å². The van der Waals surface area contributed by atoms with Gasteiger partial charge in [-0.1, -0.05) is 6.07 Å². The molecule has 0 aliphatic carbocycles. The van der Waals surface area contributed by atoms with Crippen molar-refractivity contribution in [2.45, 2.75) is 6.61 Å². The average Bonchev–Trinajstić information content (AvgIpc) is 2.52.